The first kappa shape index (κ1) is 13.1. The van der Waals surface area contributed by atoms with Crippen LogP contribution in [0.4, 0.5) is 0 Å². The molecule has 0 aromatic heterocycles. The van der Waals surface area contributed by atoms with E-state index in [1.807, 2.05) is 11.9 Å². The maximum atomic E-state index is 5.69. The molecule has 1 fully saturated rings. The minimum absolute atomic E-state index is 0.845. The summed E-state index contributed by atoms with van der Waals surface area (Å²) in [6, 6.07) is 0.845. The second kappa shape index (κ2) is 5.26. The van der Waals surface area contributed by atoms with E-state index in [2.05, 4.69) is 6.92 Å². The van der Waals surface area contributed by atoms with Crippen LogP contribution >= 0.6 is 24.2 Å². The largest absolute Gasteiger partial charge is 0.225 e. The van der Waals surface area contributed by atoms with Crippen LogP contribution in [-0.2, 0) is 0 Å². The predicted octanol–water partition coefficient (Wildman–Crippen LogP) is 4.97. The van der Waals surface area contributed by atoms with Crippen LogP contribution in [0.2, 0.25) is 0 Å². The molecular formula is C15H24NS2+. The molecule has 0 N–H and O–H groups in total. The van der Waals surface area contributed by atoms with E-state index < -0.39 is 0 Å². The van der Waals surface area contributed by atoms with Crippen molar-refractivity contribution in [2.45, 2.75) is 70.8 Å². The smallest absolute Gasteiger partial charge is 0.138 e. The Bertz CT molecular complexity index is 382. The second-order valence-corrected chi connectivity index (χ2v) is 7.82. The summed E-state index contributed by atoms with van der Waals surface area (Å²) in [5.41, 5.74) is 3.30. The molecule has 18 heavy (non-hydrogen) atoms. The number of rotatable bonds is 2. The van der Waals surface area contributed by atoms with E-state index in [1.54, 1.807) is 11.3 Å². The van der Waals surface area contributed by atoms with Crippen LogP contribution in [0.15, 0.2) is 11.3 Å². The highest BCUT2D eigenvalue weighted by atomic mass is 32.2. The molecule has 100 valence electrons. The minimum Gasteiger partial charge on any atom is -0.225 e. The van der Waals surface area contributed by atoms with Gasteiger partial charge in [0, 0.05) is 24.8 Å². The number of quaternary nitrogens is 1. The van der Waals surface area contributed by atoms with E-state index in [1.165, 1.54) is 72.4 Å². The van der Waals surface area contributed by atoms with E-state index in [4.69, 9.17) is 12.2 Å². The Labute approximate surface area is 121 Å². The van der Waals surface area contributed by atoms with Crippen LogP contribution in [0, 0.1) is 0 Å². The monoisotopic (exact) mass is 282 g/mol. The van der Waals surface area contributed by atoms with Gasteiger partial charge in [-0.05, 0) is 39.0 Å². The number of thiocarbonyl (C=S) groups is 1. The zero-order chi connectivity index (χ0) is 12.6. The van der Waals surface area contributed by atoms with Gasteiger partial charge in [-0.25, -0.2) is 3.89 Å². The molecule has 0 radical (unpaired) electrons. The van der Waals surface area contributed by atoms with Gasteiger partial charge in [0.1, 0.15) is 27.9 Å². The molecule has 1 heterocycles. The third-order valence-electron chi connectivity index (χ3n) is 5.02. The second-order valence-electron chi connectivity index (χ2n) is 5.91. The summed E-state index contributed by atoms with van der Waals surface area (Å²) in [6.45, 7) is 3.60. The van der Waals surface area contributed by atoms with Crippen LogP contribution in [0.5, 0.6) is 0 Å². The molecule has 1 nitrogen and oxygen atoms in total. The molecular weight excluding hydrogens is 258 g/mol. The van der Waals surface area contributed by atoms with Gasteiger partial charge in [0.25, 0.3) is 0 Å². The standard InChI is InChI=1S/C15H24NS2/c1-2-16(12-8-4-3-5-9-12)14-11-7-6-10-13(14)15(17)18-16/h12H,2-11H2,1H3/q+1/t16-/m1/s1. The quantitative estimate of drug-likeness (QED) is 0.398. The lowest BCUT2D eigenvalue weighted by molar-refractivity contribution is -0.783. The Morgan fingerprint density at radius 2 is 1.83 bits per heavy atom. The first-order valence-corrected chi connectivity index (χ1v) is 8.80. The molecule has 0 bridgehead atoms. The molecule has 3 rings (SSSR count). The molecule has 0 saturated heterocycles. The summed E-state index contributed by atoms with van der Waals surface area (Å²) in [7, 11) is 0. The minimum atomic E-state index is 0.845. The molecule has 2 aliphatic carbocycles. The highest BCUT2D eigenvalue weighted by Crippen LogP contribution is 2.52. The Kier molecular flexibility index (Phi) is 3.84. The molecule has 3 heteroatoms. The van der Waals surface area contributed by atoms with Crippen molar-refractivity contribution in [2.24, 2.45) is 0 Å². The van der Waals surface area contributed by atoms with Crippen molar-refractivity contribution < 1.29 is 3.89 Å². The average molecular weight is 282 g/mol. The van der Waals surface area contributed by atoms with Crippen molar-refractivity contribution >= 4 is 28.4 Å². The van der Waals surface area contributed by atoms with E-state index in [0.717, 1.165) is 6.04 Å². The predicted molar refractivity (Wildman–Crippen MR) is 83.4 cm³/mol. The Morgan fingerprint density at radius 1 is 1.11 bits per heavy atom. The summed E-state index contributed by atoms with van der Waals surface area (Å²) in [6.07, 6.45) is 12.5. The first-order chi connectivity index (χ1) is 8.78. The lowest BCUT2D eigenvalue weighted by Gasteiger charge is -2.42. The van der Waals surface area contributed by atoms with Crippen LogP contribution in [0.3, 0.4) is 0 Å². The van der Waals surface area contributed by atoms with E-state index in [9.17, 15) is 0 Å². The number of hydrogen-bond donors (Lipinski definition) is 0. The van der Waals surface area contributed by atoms with Gasteiger partial charge in [-0.15, -0.1) is 0 Å². The molecule has 1 atom stereocenters. The fourth-order valence-corrected chi connectivity index (χ4v) is 6.14. The molecule has 3 aliphatic rings. The fraction of sp³-hybridized carbons (Fsp3) is 0.800. The fourth-order valence-electron chi connectivity index (χ4n) is 4.09. The van der Waals surface area contributed by atoms with Crippen LogP contribution in [-0.4, -0.2) is 20.7 Å². The molecule has 1 saturated carbocycles. The summed E-state index contributed by atoms with van der Waals surface area (Å²) in [5, 5.41) is 0. The normalized spacial score (nSPS) is 33.9. The Morgan fingerprint density at radius 3 is 2.56 bits per heavy atom. The van der Waals surface area contributed by atoms with Crippen molar-refractivity contribution in [1.29, 1.82) is 0 Å². The molecule has 0 aromatic rings. The zero-order valence-electron chi connectivity index (χ0n) is 11.4. The summed E-state index contributed by atoms with van der Waals surface area (Å²) in [5.74, 6) is 0. The van der Waals surface area contributed by atoms with Crippen molar-refractivity contribution in [2.75, 3.05) is 6.54 Å². The van der Waals surface area contributed by atoms with Crippen LogP contribution in [0.25, 0.3) is 0 Å². The van der Waals surface area contributed by atoms with Gasteiger partial charge in [-0.3, -0.25) is 0 Å². The number of nitrogens with zero attached hydrogens (tertiary/aromatic N) is 1. The lowest BCUT2D eigenvalue weighted by Crippen LogP contribution is -2.48. The van der Waals surface area contributed by atoms with Gasteiger partial charge in [0.15, 0.2) is 0 Å². The Balaban J connectivity index is 1.95. The van der Waals surface area contributed by atoms with Crippen LogP contribution < -0.4 is 0 Å². The third-order valence-corrected chi connectivity index (χ3v) is 7.01. The van der Waals surface area contributed by atoms with E-state index in [-0.39, 0.29) is 0 Å². The molecule has 0 unspecified atom stereocenters. The van der Waals surface area contributed by atoms with Crippen LogP contribution in [0.1, 0.15) is 64.7 Å². The third kappa shape index (κ3) is 1.99. The van der Waals surface area contributed by atoms with Gasteiger partial charge >= 0.3 is 0 Å². The van der Waals surface area contributed by atoms with E-state index in [0.29, 0.717) is 0 Å². The maximum Gasteiger partial charge on any atom is 0.138 e. The lowest BCUT2D eigenvalue weighted by atomic mass is 9.90. The van der Waals surface area contributed by atoms with Crippen molar-refractivity contribution in [3.8, 4) is 0 Å². The van der Waals surface area contributed by atoms with Gasteiger partial charge in [-0.2, -0.15) is 0 Å². The van der Waals surface area contributed by atoms with Crippen molar-refractivity contribution in [3.05, 3.63) is 11.3 Å². The maximum absolute atomic E-state index is 5.69. The Hall–Kier alpha value is 0.140. The summed E-state index contributed by atoms with van der Waals surface area (Å²) < 4.78 is 2.42. The number of hydrogen-bond acceptors (Lipinski definition) is 2. The van der Waals surface area contributed by atoms with Gasteiger partial charge in [0.05, 0.1) is 6.54 Å². The SMILES string of the molecule is CC[N@+]1(C2CCCCC2)SC(=S)C2=C1CCCC2. The molecule has 0 spiro atoms. The topological polar surface area (TPSA) is 0 Å². The van der Waals surface area contributed by atoms with Gasteiger partial charge in [0.2, 0.25) is 0 Å². The zero-order valence-corrected chi connectivity index (χ0v) is 13.0. The molecule has 0 amide bonds. The number of allylic oxidation sites excluding steroid dienone is 1. The van der Waals surface area contributed by atoms with Gasteiger partial charge in [-0.1, -0.05) is 18.6 Å². The molecule has 1 aliphatic heterocycles. The average Bonchev–Trinajstić information content (AvgIpc) is 2.74. The summed E-state index contributed by atoms with van der Waals surface area (Å²) in [4.78, 5) is 0. The van der Waals surface area contributed by atoms with Crippen molar-refractivity contribution in [3.63, 3.8) is 0 Å². The van der Waals surface area contributed by atoms with E-state index >= 15 is 0 Å². The first-order valence-electron chi connectivity index (χ1n) is 7.62. The molecule has 0 aromatic carbocycles. The van der Waals surface area contributed by atoms with Gasteiger partial charge < -0.3 is 0 Å². The highest BCUT2D eigenvalue weighted by Gasteiger charge is 2.50. The highest BCUT2D eigenvalue weighted by molar-refractivity contribution is 8.20. The summed E-state index contributed by atoms with van der Waals surface area (Å²) >= 11 is 7.71. The van der Waals surface area contributed by atoms with Crippen molar-refractivity contribution in [1.82, 2.24) is 0 Å².